The fraction of sp³-hybridized carbons (Fsp3) is 0. The van der Waals surface area contributed by atoms with Crippen LogP contribution in [0.1, 0.15) is 0 Å². The van der Waals surface area contributed by atoms with Crippen LogP contribution in [0, 0.1) is 0 Å². The number of rotatable bonds is 0. The Morgan fingerprint density at radius 1 is 0.909 bits per heavy atom. The van der Waals surface area contributed by atoms with Gasteiger partial charge in [-0.15, -0.1) is 17.0 Å². The van der Waals surface area contributed by atoms with Crippen LogP contribution in [0.2, 0.25) is 0 Å². The van der Waals surface area contributed by atoms with Gasteiger partial charge in [0, 0.05) is 17.8 Å². The topological polar surface area (TPSA) is 25.8 Å². The van der Waals surface area contributed by atoms with E-state index in [1.807, 2.05) is 24.3 Å². The third-order valence-corrected chi connectivity index (χ3v) is 1.38. The van der Waals surface area contributed by atoms with Gasteiger partial charge in [0.25, 0.3) is 0 Å². The second kappa shape index (κ2) is 3.44. The summed E-state index contributed by atoms with van der Waals surface area (Å²) in [6.07, 6.45) is 3.49. The Morgan fingerprint density at radius 3 is 1.91 bits per heavy atom. The molecular weight excluding hydrogens is 204 g/mol. The third-order valence-electron chi connectivity index (χ3n) is 1.38. The lowest BCUT2D eigenvalue weighted by Gasteiger charge is -1.90. The number of fused-ring (bicyclic) bond motifs is 1. The number of halogens is 1. The molecule has 0 bridgehead atoms. The average Bonchev–Trinajstić information content (AvgIpc) is 2.05. The zero-order chi connectivity index (χ0) is 6.81. The fourth-order valence-electron chi connectivity index (χ4n) is 0.908. The lowest BCUT2D eigenvalue weighted by molar-refractivity contribution is 1.29. The van der Waals surface area contributed by atoms with Crippen LogP contribution < -0.4 is 0 Å². The number of pyridine rings is 2. The second-order valence-electron chi connectivity index (χ2n) is 2.05. The second-order valence-corrected chi connectivity index (χ2v) is 2.05. The molecule has 0 amide bonds. The van der Waals surface area contributed by atoms with Gasteiger partial charge in [0.2, 0.25) is 0 Å². The SMILES string of the molecule is Br.c1cnc2ncccc2c1. The van der Waals surface area contributed by atoms with E-state index < -0.39 is 0 Å². The van der Waals surface area contributed by atoms with Gasteiger partial charge < -0.3 is 0 Å². The predicted molar refractivity (Wildman–Crippen MR) is 49.9 cm³/mol. The lowest BCUT2D eigenvalue weighted by Crippen LogP contribution is -1.78. The molecule has 0 atom stereocenters. The Balaban J connectivity index is 0.000000605. The van der Waals surface area contributed by atoms with Crippen LogP contribution in [-0.2, 0) is 0 Å². The molecule has 11 heavy (non-hydrogen) atoms. The highest BCUT2D eigenvalue weighted by Gasteiger charge is 1.88. The molecule has 0 aliphatic heterocycles. The van der Waals surface area contributed by atoms with E-state index in [1.54, 1.807) is 12.4 Å². The van der Waals surface area contributed by atoms with Gasteiger partial charge in [-0.3, -0.25) is 0 Å². The summed E-state index contributed by atoms with van der Waals surface area (Å²) in [5.74, 6) is 0. The van der Waals surface area contributed by atoms with Gasteiger partial charge in [0.05, 0.1) is 0 Å². The van der Waals surface area contributed by atoms with E-state index in [-0.39, 0.29) is 17.0 Å². The van der Waals surface area contributed by atoms with Crippen molar-refractivity contribution in [1.82, 2.24) is 9.97 Å². The van der Waals surface area contributed by atoms with E-state index in [0.29, 0.717) is 0 Å². The van der Waals surface area contributed by atoms with Gasteiger partial charge in [-0.2, -0.15) is 0 Å². The van der Waals surface area contributed by atoms with Crippen molar-refractivity contribution >= 4 is 28.0 Å². The molecule has 2 nitrogen and oxygen atoms in total. The van der Waals surface area contributed by atoms with Crippen molar-refractivity contribution in [3.8, 4) is 0 Å². The highest BCUT2D eigenvalue weighted by atomic mass is 79.9. The Hall–Kier alpha value is -0.960. The molecule has 3 heteroatoms. The molecule has 2 heterocycles. The van der Waals surface area contributed by atoms with Gasteiger partial charge in [-0.25, -0.2) is 9.97 Å². The summed E-state index contributed by atoms with van der Waals surface area (Å²) >= 11 is 0. The van der Waals surface area contributed by atoms with E-state index in [0.717, 1.165) is 11.0 Å². The molecule has 0 aliphatic rings. The van der Waals surface area contributed by atoms with Crippen molar-refractivity contribution in [3.05, 3.63) is 36.7 Å². The molecule has 0 saturated heterocycles. The molecule has 0 radical (unpaired) electrons. The van der Waals surface area contributed by atoms with Gasteiger partial charge in [0.15, 0.2) is 5.65 Å². The zero-order valence-corrected chi connectivity index (χ0v) is 7.48. The summed E-state index contributed by atoms with van der Waals surface area (Å²) in [4.78, 5) is 8.14. The standard InChI is InChI=1S/C8H6N2.BrH/c1-3-7-4-2-6-10-8(7)9-5-1;/h1-6H;1H. The van der Waals surface area contributed by atoms with Gasteiger partial charge in [0.1, 0.15) is 0 Å². The molecule has 0 N–H and O–H groups in total. The molecule has 2 aromatic heterocycles. The maximum atomic E-state index is 4.07. The molecule has 0 saturated carbocycles. The highest BCUT2D eigenvalue weighted by Crippen LogP contribution is 2.04. The molecule has 56 valence electrons. The minimum absolute atomic E-state index is 0. The van der Waals surface area contributed by atoms with E-state index in [1.165, 1.54) is 0 Å². The highest BCUT2D eigenvalue weighted by molar-refractivity contribution is 8.93. The first kappa shape index (κ1) is 8.14. The maximum Gasteiger partial charge on any atom is 0.159 e. The van der Waals surface area contributed by atoms with Crippen LogP contribution in [0.15, 0.2) is 36.7 Å². The van der Waals surface area contributed by atoms with E-state index in [4.69, 9.17) is 0 Å². The summed E-state index contributed by atoms with van der Waals surface area (Å²) < 4.78 is 0. The smallest absolute Gasteiger partial charge is 0.159 e. The van der Waals surface area contributed by atoms with Crippen molar-refractivity contribution in [1.29, 1.82) is 0 Å². The first-order valence-corrected chi connectivity index (χ1v) is 3.12. The van der Waals surface area contributed by atoms with Crippen molar-refractivity contribution < 1.29 is 0 Å². The van der Waals surface area contributed by atoms with Crippen molar-refractivity contribution in [2.75, 3.05) is 0 Å². The van der Waals surface area contributed by atoms with Crippen LogP contribution in [-0.4, -0.2) is 9.97 Å². The molecule has 0 aromatic carbocycles. The van der Waals surface area contributed by atoms with Gasteiger partial charge >= 0.3 is 0 Å². The first-order chi connectivity index (χ1) is 4.97. The Kier molecular flexibility index (Phi) is 2.54. The van der Waals surface area contributed by atoms with Gasteiger partial charge in [-0.05, 0) is 24.3 Å². The van der Waals surface area contributed by atoms with E-state index in [9.17, 15) is 0 Å². The maximum absolute atomic E-state index is 4.07. The van der Waals surface area contributed by atoms with Crippen LogP contribution in [0.25, 0.3) is 11.0 Å². The largest absolute Gasteiger partial charge is 0.237 e. The minimum Gasteiger partial charge on any atom is -0.237 e. The minimum atomic E-state index is 0. The van der Waals surface area contributed by atoms with Crippen LogP contribution in [0.3, 0.4) is 0 Å². The predicted octanol–water partition coefficient (Wildman–Crippen LogP) is 2.21. The van der Waals surface area contributed by atoms with Crippen LogP contribution in [0.4, 0.5) is 0 Å². The molecule has 2 rings (SSSR count). The summed E-state index contributed by atoms with van der Waals surface area (Å²) in [7, 11) is 0. The van der Waals surface area contributed by atoms with Crippen molar-refractivity contribution in [2.24, 2.45) is 0 Å². The monoisotopic (exact) mass is 210 g/mol. The number of nitrogens with zero attached hydrogens (tertiary/aromatic N) is 2. The van der Waals surface area contributed by atoms with Gasteiger partial charge in [-0.1, -0.05) is 0 Å². The summed E-state index contributed by atoms with van der Waals surface area (Å²) in [5.41, 5.74) is 0.810. The third kappa shape index (κ3) is 1.54. The Bertz CT molecular complexity index is 283. The number of hydrogen-bond acceptors (Lipinski definition) is 2. The van der Waals surface area contributed by atoms with Crippen LogP contribution >= 0.6 is 17.0 Å². The van der Waals surface area contributed by atoms with Crippen LogP contribution in [0.5, 0.6) is 0 Å². The lowest BCUT2D eigenvalue weighted by atomic mass is 10.3. The van der Waals surface area contributed by atoms with E-state index >= 15 is 0 Å². The number of hydrogen-bond donors (Lipinski definition) is 0. The summed E-state index contributed by atoms with van der Waals surface area (Å²) in [6, 6.07) is 7.80. The summed E-state index contributed by atoms with van der Waals surface area (Å²) in [6.45, 7) is 0. The van der Waals surface area contributed by atoms with E-state index in [2.05, 4.69) is 9.97 Å². The molecule has 2 aromatic rings. The quantitative estimate of drug-likeness (QED) is 0.667. The summed E-state index contributed by atoms with van der Waals surface area (Å²) in [5, 5.41) is 1.09. The normalized spacial score (nSPS) is 9.09. The van der Waals surface area contributed by atoms with Crippen molar-refractivity contribution in [2.45, 2.75) is 0 Å². The molecule has 0 fully saturated rings. The average molecular weight is 211 g/mol. The molecule has 0 spiro atoms. The molecule has 0 aliphatic carbocycles. The fourth-order valence-corrected chi connectivity index (χ4v) is 0.908. The molecule has 0 unspecified atom stereocenters. The Labute approximate surface area is 75.1 Å². The van der Waals surface area contributed by atoms with Crippen molar-refractivity contribution in [3.63, 3.8) is 0 Å². The molecular formula is C8H7BrN2. The number of aromatic nitrogens is 2. The first-order valence-electron chi connectivity index (χ1n) is 3.12. The Morgan fingerprint density at radius 2 is 1.45 bits per heavy atom. The zero-order valence-electron chi connectivity index (χ0n) is 5.77.